The number of methoxy groups -OCH3 is 1. The molecule has 0 aromatic rings. The molecule has 1 aliphatic carbocycles. The third-order valence-electron chi connectivity index (χ3n) is 3.99. The molecule has 1 N–H and O–H groups in total. The van der Waals surface area contributed by atoms with Crippen LogP contribution >= 0.6 is 0 Å². The van der Waals surface area contributed by atoms with Crippen LogP contribution in [-0.4, -0.2) is 50.3 Å². The highest BCUT2D eigenvalue weighted by Crippen LogP contribution is 2.23. The first kappa shape index (κ1) is 11.4. The lowest BCUT2D eigenvalue weighted by atomic mass is 9.89. The fourth-order valence-corrected chi connectivity index (χ4v) is 2.63. The molecule has 1 saturated carbocycles. The monoisotopic (exact) mass is 212 g/mol. The second kappa shape index (κ2) is 5.28. The van der Waals surface area contributed by atoms with Crippen LogP contribution in [0.1, 0.15) is 32.1 Å². The summed E-state index contributed by atoms with van der Waals surface area (Å²) in [5.41, 5.74) is 0. The Bertz CT molecular complexity index is 192. The normalized spacial score (nSPS) is 37.6. The topological polar surface area (TPSA) is 24.5 Å². The van der Waals surface area contributed by atoms with Crippen molar-refractivity contribution in [1.82, 2.24) is 10.2 Å². The molecule has 3 heteroatoms. The van der Waals surface area contributed by atoms with Gasteiger partial charge in [-0.1, -0.05) is 6.42 Å². The zero-order valence-corrected chi connectivity index (χ0v) is 10.0. The Morgan fingerprint density at radius 3 is 2.80 bits per heavy atom. The summed E-state index contributed by atoms with van der Waals surface area (Å²) in [4.78, 5) is 2.50. The lowest BCUT2D eigenvalue weighted by Gasteiger charge is -2.38. The molecule has 1 aliphatic heterocycles. The van der Waals surface area contributed by atoms with Crippen molar-refractivity contribution in [2.75, 3.05) is 27.2 Å². The number of piperidine rings is 1. The summed E-state index contributed by atoms with van der Waals surface area (Å²) >= 11 is 0. The van der Waals surface area contributed by atoms with Crippen molar-refractivity contribution in [2.24, 2.45) is 0 Å². The molecule has 3 nitrogen and oxygen atoms in total. The lowest BCUT2D eigenvalue weighted by molar-refractivity contribution is 0.0149. The number of likely N-dealkylation sites (N-methyl/N-ethyl adjacent to an activating group) is 1. The highest BCUT2D eigenvalue weighted by atomic mass is 16.5. The second-order valence-corrected chi connectivity index (χ2v) is 5.06. The van der Waals surface area contributed by atoms with Gasteiger partial charge in [0.2, 0.25) is 0 Å². The highest BCUT2D eigenvalue weighted by Gasteiger charge is 2.29. The molecule has 2 rings (SSSR count). The minimum atomic E-state index is 0.520. The van der Waals surface area contributed by atoms with E-state index in [1.54, 1.807) is 0 Å². The summed E-state index contributed by atoms with van der Waals surface area (Å²) in [7, 11) is 4.07. The number of nitrogens with zero attached hydrogens (tertiary/aromatic N) is 1. The van der Waals surface area contributed by atoms with E-state index in [1.807, 2.05) is 7.11 Å². The van der Waals surface area contributed by atoms with Gasteiger partial charge in [-0.2, -0.15) is 0 Å². The van der Waals surface area contributed by atoms with Crippen molar-refractivity contribution in [3.63, 3.8) is 0 Å². The standard InChI is InChI=1S/C12H24N2O/c1-14-6-4-3-5-11(14)9-13-10-7-12(8-10)15-2/h10-13H,3-9H2,1-2H3. The van der Waals surface area contributed by atoms with E-state index in [9.17, 15) is 0 Å². The maximum absolute atomic E-state index is 5.28. The van der Waals surface area contributed by atoms with Crippen molar-refractivity contribution >= 4 is 0 Å². The molecule has 0 bridgehead atoms. The van der Waals surface area contributed by atoms with Gasteiger partial charge in [-0.25, -0.2) is 0 Å². The van der Waals surface area contributed by atoms with Crippen LogP contribution in [0.15, 0.2) is 0 Å². The van der Waals surface area contributed by atoms with Crippen LogP contribution in [0.4, 0.5) is 0 Å². The molecule has 1 heterocycles. The van der Waals surface area contributed by atoms with Crippen molar-refractivity contribution in [3.8, 4) is 0 Å². The number of nitrogens with one attached hydrogen (secondary N) is 1. The van der Waals surface area contributed by atoms with E-state index >= 15 is 0 Å². The van der Waals surface area contributed by atoms with Crippen LogP contribution in [0, 0.1) is 0 Å². The fourth-order valence-electron chi connectivity index (χ4n) is 2.63. The zero-order valence-electron chi connectivity index (χ0n) is 10.0. The molecular weight excluding hydrogens is 188 g/mol. The first-order chi connectivity index (χ1) is 7.29. The van der Waals surface area contributed by atoms with Gasteiger partial charge in [0.1, 0.15) is 0 Å². The minimum Gasteiger partial charge on any atom is -0.381 e. The molecule has 1 unspecified atom stereocenters. The summed E-state index contributed by atoms with van der Waals surface area (Å²) in [6, 6.07) is 1.48. The molecular formula is C12H24N2O. The quantitative estimate of drug-likeness (QED) is 0.759. The summed E-state index contributed by atoms with van der Waals surface area (Å²) < 4.78 is 5.28. The molecule has 1 saturated heterocycles. The van der Waals surface area contributed by atoms with Gasteiger partial charge in [-0.15, -0.1) is 0 Å². The van der Waals surface area contributed by atoms with Gasteiger partial charge in [-0.3, -0.25) is 0 Å². The van der Waals surface area contributed by atoms with Crippen molar-refractivity contribution in [3.05, 3.63) is 0 Å². The summed E-state index contributed by atoms with van der Waals surface area (Å²) in [5.74, 6) is 0. The van der Waals surface area contributed by atoms with Gasteiger partial charge in [0.05, 0.1) is 6.10 Å². The number of ether oxygens (including phenoxy) is 1. The number of hydrogen-bond donors (Lipinski definition) is 1. The maximum Gasteiger partial charge on any atom is 0.0601 e. The predicted octanol–water partition coefficient (Wildman–Crippen LogP) is 1.24. The molecule has 0 radical (unpaired) electrons. The Kier molecular flexibility index (Phi) is 4.00. The molecule has 0 spiro atoms. The van der Waals surface area contributed by atoms with Crippen LogP contribution in [0.3, 0.4) is 0 Å². The molecule has 2 fully saturated rings. The Morgan fingerprint density at radius 2 is 2.13 bits per heavy atom. The van der Waals surface area contributed by atoms with Gasteiger partial charge in [0.25, 0.3) is 0 Å². The van der Waals surface area contributed by atoms with E-state index in [1.165, 1.54) is 38.6 Å². The summed E-state index contributed by atoms with van der Waals surface area (Å²) in [6.07, 6.45) is 7.07. The van der Waals surface area contributed by atoms with Gasteiger partial charge < -0.3 is 15.0 Å². The maximum atomic E-state index is 5.28. The smallest absolute Gasteiger partial charge is 0.0601 e. The number of hydrogen-bond acceptors (Lipinski definition) is 3. The van der Waals surface area contributed by atoms with Crippen molar-refractivity contribution < 1.29 is 4.74 Å². The summed E-state index contributed by atoms with van der Waals surface area (Å²) in [6.45, 7) is 2.44. The molecule has 15 heavy (non-hydrogen) atoms. The van der Waals surface area contributed by atoms with Crippen molar-refractivity contribution in [1.29, 1.82) is 0 Å². The molecule has 0 amide bonds. The molecule has 1 atom stereocenters. The molecule has 88 valence electrons. The van der Waals surface area contributed by atoms with Crippen LogP contribution in [0.25, 0.3) is 0 Å². The predicted molar refractivity (Wildman–Crippen MR) is 62.1 cm³/mol. The molecule has 2 aliphatic rings. The van der Waals surface area contributed by atoms with Crippen LogP contribution in [0.5, 0.6) is 0 Å². The van der Waals surface area contributed by atoms with Gasteiger partial charge in [0, 0.05) is 25.7 Å². The van der Waals surface area contributed by atoms with E-state index in [0.717, 1.165) is 12.6 Å². The first-order valence-electron chi connectivity index (χ1n) is 6.26. The van der Waals surface area contributed by atoms with Crippen molar-refractivity contribution in [2.45, 2.75) is 50.3 Å². The second-order valence-electron chi connectivity index (χ2n) is 5.06. The molecule has 0 aromatic heterocycles. The van der Waals surface area contributed by atoms with E-state index in [4.69, 9.17) is 4.74 Å². The largest absolute Gasteiger partial charge is 0.381 e. The Labute approximate surface area is 93.2 Å². The Hall–Kier alpha value is -0.120. The molecule has 0 aromatic carbocycles. The van der Waals surface area contributed by atoms with Crippen LogP contribution in [-0.2, 0) is 4.74 Å². The average Bonchev–Trinajstić information content (AvgIpc) is 2.18. The average molecular weight is 212 g/mol. The first-order valence-corrected chi connectivity index (χ1v) is 6.26. The third kappa shape index (κ3) is 2.92. The number of rotatable bonds is 4. The van der Waals surface area contributed by atoms with E-state index in [0.29, 0.717) is 12.1 Å². The van der Waals surface area contributed by atoms with E-state index < -0.39 is 0 Å². The SMILES string of the molecule is COC1CC(NCC2CCCCN2C)C1. The minimum absolute atomic E-state index is 0.520. The zero-order chi connectivity index (χ0) is 10.7. The Balaban J connectivity index is 1.61. The number of likely N-dealkylation sites (tertiary alicyclic amines) is 1. The third-order valence-corrected chi connectivity index (χ3v) is 3.99. The highest BCUT2D eigenvalue weighted by molar-refractivity contribution is 4.87. The Morgan fingerprint density at radius 1 is 1.33 bits per heavy atom. The van der Waals surface area contributed by atoms with Gasteiger partial charge >= 0.3 is 0 Å². The lowest BCUT2D eigenvalue weighted by Crippen LogP contribution is -2.50. The van der Waals surface area contributed by atoms with Gasteiger partial charge in [0.15, 0.2) is 0 Å². The van der Waals surface area contributed by atoms with E-state index in [-0.39, 0.29) is 0 Å². The van der Waals surface area contributed by atoms with Crippen LogP contribution < -0.4 is 5.32 Å². The fraction of sp³-hybridized carbons (Fsp3) is 1.00. The summed E-state index contributed by atoms with van der Waals surface area (Å²) in [5, 5.41) is 3.66. The van der Waals surface area contributed by atoms with Gasteiger partial charge in [-0.05, 0) is 39.3 Å². The van der Waals surface area contributed by atoms with Crippen LogP contribution in [0.2, 0.25) is 0 Å². The van der Waals surface area contributed by atoms with E-state index in [2.05, 4.69) is 17.3 Å².